The maximum absolute atomic E-state index is 13.7. The zero-order valence-electron chi connectivity index (χ0n) is 26.8. The van der Waals surface area contributed by atoms with Crippen molar-refractivity contribution in [3.05, 3.63) is 54.1 Å². The van der Waals surface area contributed by atoms with Gasteiger partial charge in [0, 0.05) is 55.9 Å². The quantitative estimate of drug-likeness (QED) is 0.203. The van der Waals surface area contributed by atoms with Crippen molar-refractivity contribution in [2.45, 2.75) is 78.6 Å². The number of rotatable bonds is 16. The van der Waals surface area contributed by atoms with Crippen molar-refractivity contribution in [2.24, 2.45) is 5.92 Å². The van der Waals surface area contributed by atoms with Gasteiger partial charge in [0.05, 0.1) is 25.4 Å². The number of benzene rings is 2. The summed E-state index contributed by atoms with van der Waals surface area (Å²) in [5.74, 6) is 0.256. The van der Waals surface area contributed by atoms with Crippen LogP contribution in [0.1, 0.15) is 71.6 Å². The molecule has 1 aliphatic rings. The molecule has 1 aromatic heterocycles. The van der Waals surface area contributed by atoms with Gasteiger partial charge in [-0.15, -0.1) is 5.10 Å². The van der Waals surface area contributed by atoms with E-state index in [4.69, 9.17) is 4.74 Å². The van der Waals surface area contributed by atoms with Gasteiger partial charge in [-0.25, -0.2) is 4.68 Å². The number of hydrogen-bond donors (Lipinski definition) is 3. The first-order valence-electron chi connectivity index (χ1n) is 15.9. The van der Waals surface area contributed by atoms with E-state index in [1.165, 1.54) is 4.68 Å². The molecule has 3 aromatic rings. The molecule has 1 aliphatic heterocycles. The monoisotopic (exact) mass is 618 g/mol. The molecule has 0 saturated carbocycles. The van der Waals surface area contributed by atoms with Crippen LogP contribution in [0.3, 0.4) is 0 Å². The molecule has 0 saturated heterocycles. The van der Waals surface area contributed by atoms with Crippen molar-refractivity contribution in [1.29, 1.82) is 0 Å². The minimum Gasteiger partial charge on any atom is -0.379 e. The molecule has 4 rings (SSSR count). The van der Waals surface area contributed by atoms with Crippen LogP contribution in [-0.4, -0.2) is 70.0 Å². The van der Waals surface area contributed by atoms with Crippen LogP contribution in [0.25, 0.3) is 22.5 Å². The molecule has 45 heavy (non-hydrogen) atoms. The van der Waals surface area contributed by atoms with Crippen molar-refractivity contribution in [2.75, 3.05) is 31.2 Å². The van der Waals surface area contributed by atoms with E-state index >= 15 is 0 Å². The number of carbonyl (C=O) groups is 3. The number of anilines is 1. The van der Waals surface area contributed by atoms with Gasteiger partial charge in [-0.2, -0.15) is 0 Å². The van der Waals surface area contributed by atoms with Gasteiger partial charge in [-0.3, -0.25) is 14.4 Å². The topological polar surface area (TPSA) is 139 Å². The zero-order valence-corrected chi connectivity index (χ0v) is 26.8. The number of fused-ring (bicyclic) bond motifs is 5. The Labute approximate surface area is 265 Å². The minimum atomic E-state index is -0.942. The summed E-state index contributed by atoms with van der Waals surface area (Å²) in [5, 5.41) is 25.9. The summed E-state index contributed by atoms with van der Waals surface area (Å²) in [7, 11) is 0. The molecule has 242 valence electrons. The van der Waals surface area contributed by atoms with E-state index in [2.05, 4.69) is 34.8 Å². The lowest BCUT2D eigenvalue weighted by atomic mass is 9.95. The van der Waals surface area contributed by atoms with Gasteiger partial charge < -0.3 is 25.4 Å². The molecule has 0 spiro atoms. The van der Waals surface area contributed by atoms with Gasteiger partial charge in [0.25, 0.3) is 0 Å². The lowest BCUT2D eigenvalue weighted by Gasteiger charge is -2.29. The number of para-hydroxylation sites is 1. The highest BCUT2D eigenvalue weighted by molar-refractivity contribution is 6.01. The molecule has 3 N–H and O–H groups in total. The van der Waals surface area contributed by atoms with Crippen LogP contribution < -0.4 is 15.5 Å². The van der Waals surface area contributed by atoms with E-state index in [1.807, 2.05) is 62.4 Å². The molecule has 0 radical (unpaired) electrons. The summed E-state index contributed by atoms with van der Waals surface area (Å²) in [5.41, 5.74) is 4.33. The van der Waals surface area contributed by atoms with Crippen molar-refractivity contribution < 1.29 is 24.2 Å². The normalized spacial score (nSPS) is 13.1. The number of nitrogens with one attached hydrogen (secondary N) is 2. The molecule has 2 heterocycles. The smallest absolute Gasteiger partial charge is 0.227 e. The molecule has 1 unspecified atom stereocenters. The Bertz CT molecular complexity index is 1450. The number of nitrogens with zero attached hydrogens (tertiary/aromatic N) is 4. The summed E-state index contributed by atoms with van der Waals surface area (Å²) in [6.45, 7) is 9.74. The van der Waals surface area contributed by atoms with Crippen molar-refractivity contribution >= 4 is 23.3 Å². The van der Waals surface area contributed by atoms with E-state index < -0.39 is 6.23 Å². The molecule has 11 nitrogen and oxygen atoms in total. The molecule has 1 atom stereocenters. The first-order valence-corrected chi connectivity index (χ1v) is 15.9. The molecule has 11 heteroatoms. The largest absolute Gasteiger partial charge is 0.379 e. The molecule has 0 aliphatic carbocycles. The fourth-order valence-electron chi connectivity index (χ4n) is 5.21. The number of amides is 2. The number of aliphatic hydroxyl groups excluding tert-OH is 1. The Morgan fingerprint density at radius 3 is 2.42 bits per heavy atom. The van der Waals surface area contributed by atoms with Gasteiger partial charge in [0.1, 0.15) is 17.2 Å². The van der Waals surface area contributed by atoms with Gasteiger partial charge in [0.15, 0.2) is 6.23 Å². The second-order valence-corrected chi connectivity index (χ2v) is 12.1. The van der Waals surface area contributed by atoms with Crippen LogP contribution in [0.15, 0.2) is 48.5 Å². The Hall–Kier alpha value is -3.93. The van der Waals surface area contributed by atoms with Gasteiger partial charge in [-0.05, 0) is 24.0 Å². The fraction of sp³-hybridized carbons (Fsp3) is 0.500. The molecule has 2 amide bonds. The van der Waals surface area contributed by atoms with Crippen LogP contribution in [-0.2, 0) is 25.7 Å². The standard InChI is InChI=1S/C34H46N6O5/c1-23(2)13-14-26(41)17-19-45-20-18-35-30(42)15-16-31(43)39-22-25-9-5-6-10-27(25)34-33(28-11-7-8-12-29(28)39)37-38-40(34)32(44)21-36-24(3)4/h5-12,23-24,32,36,44H,13-22H2,1-4H3,(H,35,42). The lowest BCUT2D eigenvalue weighted by molar-refractivity contribution is -0.125. The van der Waals surface area contributed by atoms with Crippen LogP contribution in [0.2, 0.25) is 0 Å². The van der Waals surface area contributed by atoms with E-state index in [0.717, 1.165) is 23.1 Å². The second-order valence-electron chi connectivity index (χ2n) is 12.1. The maximum atomic E-state index is 13.7. The number of ketones is 1. The average Bonchev–Trinajstić information content (AvgIpc) is 3.46. The number of aromatic nitrogens is 3. The first-order chi connectivity index (χ1) is 21.7. The van der Waals surface area contributed by atoms with Crippen molar-refractivity contribution in [3.63, 3.8) is 0 Å². The number of Topliss-reactive ketones (excluding diaryl/α,β-unsaturated/α-hetero) is 1. The molecule has 2 aromatic carbocycles. The Balaban J connectivity index is 1.41. The van der Waals surface area contributed by atoms with Crippen molar-refractivity contribution in [1.82, 2.24) is 25.6 Å². The molecule has 0 bridgehead atoms. The fourth-order valence-corrected chi connectivity index (χ4v) is 5.21. The highest BCUT2D eigenvalue weighted by Crippen LogP contribution is 2.41. The maximum Gasteiger partial charge on any atom is 0.227 e. The Morgan fingerprint density at radius 2 is 1.67 bits per heavy atom. The lowest BCUT2D eigenvalue weighted by Crippen LogP contribution is -2.34. The average molecular weight is 619 g/mol. The number of hydrogen-bond acceptors (Lipinski definition) is 8. The summed E-state index contributed by atoms with van der Waals surface area (Å²) < 4.78 is 7.05. The third-order valence-corrected chi connectivity index (χ3v) is 7.70. The summed E-state index contributed by atoms with van der Waals surface area (Å²) in [6, 6.07) is 15.4. The SMILES string of the molecule is CC(C)CCC(=O)CCOCCNC(=O)CCC(=O)N1Cc2ccccc2-c2c(nnn2C(O)CNC(C)C)-c2ccccc21. The van der Waals surface area contributed by atoms with E-state index in [0.29, 0.717) is 62.1 Å². The van der Waals surface area contributed by atoms with Crippen molar-refractivity contribution in [3.8, 4) is 22.5 Å². The van der Waals surface area contributed by atoms with Crippen LogP contribution >= 0.6 is 0 Å². The zero-order chi connectivity index (χ0) is 32.3. The van der Waals surface area contributed by atoms with Crippen LogP contribution in [0.4, 0.5) is 5.69 Å². The summed E-state index contributed by atoms with van der Waals surface area (Å²) >= 11 is 0. The van der Waals surface area contributed by atoms with Gasteiger partial charge in [-0.1, -0.05) is 75.4 Å². The first kappa shape index (κ1) is 34.0. The Morgan fingerprint density at radius 1 is 0.933 bits per heavy atom. The summed E-state index contributed by atoms with van der Waals surface area (Å²) in [4.78, 5) is 39.8. The van der Waals surface area contributed by atoms with E-state index in [-0.39, 0.29) is 43.0 Å². The number of aliphatic hydroxyl groups is 1. The summed E-state index contributed by atoms with van der Waals surface area (Å²) in [6.07, 6.45) is 0.938. The van der Waals surface area contributed by atoms with Gasteiger partial charge >= 0.3 is 0 Å². The molecule has 0 fully saturated rings. The predicted molar refractivity (Wildman–Crippen MR) is 173 cm³/mol. The number of ether oxygens (including phenoxy) is 1. The number of carbonyl (C=O) groups excluding carboxylic acids is 3. The molecular formula is C34H46N6O5. The van der Waals surface area contributed by atoms with E-state index in [9.17, 15) is 19.5 Å². The predicted octanol–water partition coefficient (Wildman–Crippen LogP) is 4.26. The van der Waals surface area contributed by atoms with E-state index in [1.54, 1.807) is 4.90 Å². The van der Waals surface area contributed by atoms with Gasteiger partial charge in [0.2, 0.25) is 11.8 Å². The Kier molecular flexibility index (Phi) is 12.4. The minimum absolute atomic E-state index is 0.0205. The highest BCUT2D eigenvalue weighted by atomic mass is 16.5. The highest BCUT2D eigenvalue weighted by Gasteiger charge is 2.30. The molecular weight excluding hydrogens is 572 g/mol. The van der Waals surface area contributed by atoms with Crippen LogP contribution in [0, 0.1) is 5.92 Å². The third-order valence-electron chi connectivity index (χ3n) is 7.70. The van der Waals surface area contributed by atoms with Crippen LogP contribution in [0.5, 0.6) is 0 Å². The second kappa shape index (κ2) is 16.4. The third kappa shape index (κ3) is 9.29.